The van der Waals surface area contributed by atoms with Crippen LogP contribution in [0.1, 0.15) is 47.1 Å². The summed E-state index contributed by atoms with van der Waals surface area (Å²) in [6.07, 6.45) is 7.76. The number of rotatable bonds is 5. The molecule has 1 unspecified atom stereocenters. The first-order chi connectivity index (χ1) is 15.0. The summed E-state index contributed by atoms with van der Waals surface area (Å²) in [5.41, 5.74) is 6.08. The van der Waals surface area contributed by atoms with Gasteiger partial charge in [-0.05, 0) is 68.0 Å². The average Bonchev–Trinajstić information content (AvgIpc) is 3.24. The second-order valence-electron chi connectivity index (χ2n) is 8.13. The zero-order chi connectivity index (χ0) is 22.0. The second kappa shape index (κ2) is 8.84. The van der Waals surface area contributed by atoms with Crippen molar-refractivity contribution in [3.63, 3.8) is 0 Å². The number of ether oxygens (including phenoxy) is 1. The Hall–Kier alpha value is -3.28. The van der Waals surface area contributed by atoms with Crippen LogP contribution in [0.15, 0.2) is 42.9 Å². The summed E-state index contributed by atoms with van der Waals surface area (Å²) in [5.74, 6) is 1.68. The topological polar surface area (TPSA) is 68.2 Å². The molecule has 4 rings (SSSR count). The van der Waals surface area contributed by atoms with Gasteiger partial charge >= 0.3 is 0 Å². The van der Waals surface area contributed by atoms with E-state index < -0.39 is 0 Å². The molecule has 3 aromatic rings. The minimum absolute atomic E-state index is 0.0453. The molecular formula is C25H28N4O2. The van der Waals surface area contributed by atoms with Crippen LogP contribution in [0.3, 0.4) is 0 Å². The van der Waals surface area contributed by atoms with Crippen molar-refractivity contribution >= 4 is 5.91 Å². The van der Waals surface area contributed by atoms with E-state index in [9.17, 15) is 4.79 Å². The molecule has 1 fully saturated rings. The van der Waals surface area contributed by atoms with Crippen LogP contribution in [-0.4, -0.2) is 39.4 Å². The summed E-state index contributed by atoms with van der Waals surface area (Å²) >= 11 is 0. The van der Waals surface area contributed by atoms with Gasteiger partial charge in [0.15, 0.2) is 0 Å². The molecule has 1 aliphatic rings. The van der Waals surface area contributed by atoms with E-state index in [-0.39, 0.29) is 11.9 Å². The number of benzene rings is 1. The number of hydrogen-bond donors (Lipinski definition) is 0. The number of aromatic nitrogens is 3. The fourth-order valence-electron chi connectivity index (χ4n) is 4.40. The third-order valence-corrected chi connectivity index (χ3v) is 5.95. The lowest BCUT2D eigenvalue weighted by atomic mass is 9.97. The van der Waals surface area contributed by atoms with Gasteiger partial charge in [0.2, 0.25) is 5.91 Å². The summed E-state index contributed by atoms with van der Waals surface area (Å²) in [4.78, 5) is 28.8. The molecule has 0 bridgehead atoms. The summed E-state index contributed by atoms with van der Waals surface area (Å²) in [5, 5.41) is 0. The summed E-state index contributed by atoms with van der Waals surface area (Å²) < 4.78 is 5.34. The molecule has 0 saturated carbocycles. The van der Waals surface area contributed by atoms with Crippen LogP contribution in [-0.2, 0) is 11.2 Å². The minimum Gasteiger partial charge on any atom is -0.496 e. The molecule has 6 nitrogen and oxygen atoms in total. The Balaban J connectivity index is 1.64. The highest BCUT2D eigenvalue weighted by Crippen LogP contribution is 2.37. The quantitative estimate of drug-likeness (QED) is 0.617. The monoisotopic (exact) mass is 416 g/mol. The molecule has 1 saturated heterocycles. The highest BCUT2D eigenvalue weighted by atomic mass is 16.5. The molecule has 0 N–H and O–H groups in total. The van der Waals surface area contributed by atoms with Gasteiger partial charge in [-0.1, -0.05) is 12.1 Å². The van der Waals surface area contributed by atoms with Crippen molar-refractivity contribution in [1.82, 2.24) is 19.9 Å². The molecular weight excluding hydrogens is 388 g/mol. The number of carbonyl (C=O) groups is 1. The van der Waals surface area contributed by atoms with Crippen molar-refractivity contribution in [3.8, 4) is 16.9 Å². The van der Waals surface area contributed by atoms with Crippen molar-refractivity contribution in [2.45, 2.75) is 46.1 Å². The number of pyridine rings is 1. The number of hydrogen-bond acceptors (Lipinski definition) is 5. The molecule has 0 aliphatic carbocycles. The molecule has 2 aromatic heterocycles. The smallest absolute Gasteiger partial charge is 0.227 e. The molecule has 1 aliphatic heterocycles. The molecule has 160 valence electrons. The zero-order valence-electron chi connectivity index (χ0n) is 18.6. The third kappa shape index (κ3) is 4.29. The van der Waals surface area contributed by atoms with Gasteiger partial charge in [-0.3, -0.25) is 9.78 Å². The first-order valence-electron chi connectivity index (χ1n) is 10.7. The first kappa shape index (κ1) is 21.0. The van der Waals surface area contributed by atoms with E-state index in [1.165, 1.54) is 0 Å². The van der Waals surface area contributed by atoms with Crippen molar-refractivity contribution in [3.05, 3.63) is 71.1 Å². The van der Waals surface area contributed by atoms with Crippen LogP contribution in [0.25, 0.3) is 11.1 Å². The Kier molecular flexibility index (Phi) is 5.98. The SMILES string of the molecule is COc1ccc(CC(=O)N2CCCC2c2nc(C)ncc2-c2ccncc2C)cc1C. The third-order valence-electron chi connectivity index (χ3n) is 5.95. The van der Waals surface area contributed by atoms with Crippen LogP contribution in [0.2, 0.25) is 0 Å². The maximum absolute atomic E-state index is 13.3. The van der Waals surface area contributed by atoms with E-state index in [2.05, 4.69) is 9.97 Å². The Morgan fingerprint density at radius 2 is 1.97 bits per heavy atom. The molecule has 3 heterocycles. The van der Waals surface area contributed by atoms with Crippen LogP contribution >= 0.6 is 0 Å². The predicted octanol–water partition coefficient (Wildman–Crippen LogP) is 4.38. The standard InChI is InChI=1S/C25H28N4O2/c1-16-12-19(7-8-23(16)31-4)13-24(30)29-11-5-6-22(29)25-21(15-27-18(3)28-25)20-9-10-26-14-17(20)2/h7-10,12,14-15,22H,5-6,11,13H2,1-4H3. The van der Waals surface area contributed by atoms with Gasteiger partial charge in [0.1, 0.15) is 11.6 Å². The van der Waals surface area contributed by atoms with Crippen molar-refractivity contribution in [2.75, 3.05) is 13.7 Å². The Labute approximate surface area is 183 Å². The molecule has 0 spiro atoms. The minimum atomic E-state index is -0.0453. The second-order valence-corrected chi connectivity index (χ2v) is 8.13. The Morgan fingerprint density at radius 1 is 1.13 bits per heavy atom. The molecule has 1 atom stereocenters. The summed E-state index contributed by atoms with van der Waals surface area (Å²) in [7, 11) is 1.66. The number of methoxy groups -OCH3 is 1. The van der Waals surface area contributed by atoms with Crippen LogP contribution in [0, 0.1) is 20.8 Å². The maximum Gasteiger partial charge on any atom is 0.227 e. The number of likely N-dealkylation sites (tertiary alicyclic amines) is 1. The van der Waals surface area contributed by atoms with Gasteiger partial charge in [-0.2, -0.15) is 0 Å². The van der Waals surface area contributed by atoms with Gasteiger partial charge in [0.05, 0.1) is 25.3 Å². The van der Waals surface area contributed by atoms with E-state index in [0.717, 1.165) is 64.5 Å². The van der Waals surface area contributed by atoms with E-state index in [0.29, 0.717) is 6.42 Å². The van der Waals surface area contributed by atoms with Gasteiger partial charge in [0.25, 0.3) is 0 Å². The van der Waals surface area contributed by atoms with Gasteiger partial charge in [0, 0.05) is 30.7 Å². The zero-order valence-corrected chi connectivity index (χ0v) is 18.6. The Bertz CT molecular complexity index is 1110. The fourth-order valence-corrected chi connectivity index (χ4v) is 4.40. The lowest BCUT2D eigenvalue weighted by Gasteiger charge is -2.26. The number of nitrogens with zero attached hydrogens (tertiary/aromatic N) is 4. The molecule has 31 heavy (non-hydrogen) atoms. The maximum atomic E-state index is 13.3. The van der Waals surface area contributed by atoms with Gasteiger partial charge < -0.3 is 9.64 Å². The fraction of sp³-hybridized carbons (Fsp3) is 0.360. The average molecular weight is 417 g/mol. The van der Waals surface area contributed by atoms with Crippen molar-refractivity contribution in [1.29, 1.82) is 0 Å². The Morgan fingerprint density at radius 3 is 2.71 bits per heavy atom. The summed E-state index contributed by atoms with van der Waals surface area (Å²) in [6.45, 7) is 6.68. The molecule has 0 radical (unpaired) electrons. The van der Waals surface area contributed by atoms with E-state index in [4.69, 9.17) is 9.72 Å². The normalized spacial score (nSPS) is 15.9. The number of amides is 1. The van der Waals surface area contributed by atoms with Crippen LogP contribution < -0.4 is 4.74 Å². The van der Waals surface area contributed by atoms with Gasteiger partial charge in [-0.25, -0.2) is 9.97 Å². The highest BCUT2D eigenvalue weighted by molar-refractivity contribution is 5.80. The van der Waals surface area contributed by atoms with Crippen molar-refractivity contribution in [2.24, 2.45) is 0 Å². The van der Waals surface area contributed by atoms with Crippen LogP contribution in [0.4, 0.5) is 0 Å². The lowest BCUT2D eigenvalue weighted by Crippen LogP contribution is -2.32. The first-order valence-corrected chi connectivity index (χ1v) is 10.7. The lowest BCUT2D eigenvalue weighted by molar-refractivity contribution is -0.131. The highest BCUT2D eigenvalue weighted by Gasteiger charge is 2.33. The number of carbonyl (C=O) groups excluding carboxylic acids is 1. The van der Waals surface area contributed by atoms with Crippen molar-refractivity contribution < 1.29 is 9.53 Å². The van der Waals surface area contributed by atoms with E-state index in [1.54, 1.807) is 13.3 Å². The molecule has 1 aromatic carbocycles. The van der Waals surface area contributed by atoms with Crippen LogP contribution in [0.5, 0.6) is 5.75 Å². The van der Waals surface area contributed by atoms with E-state index in [1.807, 2.05) is 62.3 Å². The molecule has 6 heteroatoms. The molecule has 1 amide bonds. The largest absolute Gasteiger partial charge is 0.496 e. The number of aryl methyl sites for hydroxylation is 3. The summed E-state index contributed by atoms with van der Waals surface area (Å²) in [6, 6.07) is 7.87. The van der Waals surface area contributed by atoms with E-state index >= 15 is 0 Å². The van der Waals surface area contributed by atoms with Gasteiger partial charge in [-0.15, -0.1) is 0 Å². The predicted molar refractivity (Wildman–Crippen MR) is 120 cm³/mol.